The molecule has 0 heterocycles. The number of nitro groups is 1. The van der Waals surface area contributed by atoms with Gasteiger partial charge in [-0.3, -0.25) is 19.7 Å². The van der Waals surface area contributed by atoms with Gasteiger partial charge in [-0.2, -0.15) is 5.10 Å². The van der Waals surface area contributed by atoms with Crippen LogP contribution in [0.25, 0.3) is 0 Å². The summed E-state index contributed by atoms with van der Waals surface area (Å²) in [6, 6.07) is 15.4. The van der Waals surface area contributed by atoms with Crippen molar-refractivity contribution in [1.29, 1.82) is 0 Å². The van der Waals surface area contributed by atoms with E-state index in [0.717, 1.165) is 10.0 Å². The highest BCUT2D eigenvalue weighted by Gasteiger charge is 2.10. The van der Waals surface area contributed by atoms with Crippen molar-refractivity contribution in [2.45, 2.75) is 6.92 Å². The molecule has 2 amide bonds. The van der Waals surface area contributed by atoms with Gasteiger partial charge in [-0.25, -0.2) is 5.43 Å². The van der Waals surface area contributed by atoms with E-state index in [1.54, 1.807) is 36.4 Å². The maximum Gasteiger partial charge on any atom is 0.271 e. The van der Waals surface area contributed by atoms with Crippen LogP contribution in [0.5, 0.6) is 5.75 Å². The summed E-state index contributed by atoms with van der Waals surface area (Å²) in [7, 11) is 0. The van der Waals surface area contributed by atoms with Crippen molar-refractivity contribution in [3.05, 3.63) is 97.0 Å². The van der Waals surface area contributed by atoms with Crippen LogP contribution in [-0.4, -0.2) is 29.6 Å². The van der Waals surface area contributed by atoms with Crippen LogP contribution < -0.4 is 15.5 Å². The summed E-state index contributed by atoms with van der Waals surface area (Å²) < 4.78 is 6.36. The van der Waals surface area contributed by atoms with Gasteiger partial charge < -0.3 is 10.1 Å². The summed E-state index contributed by atoms with van der Waals surface area (Å²) in [5.41, 5.74) is 4.39. The number of non-ortho nitro benzene ring substituents is 1. The van der Waals surface area contributed by atoms with E-state index in [-0.39, 0.29) is 23.8 Å². The largest absolute Gasteiger partial charge is 0.483 e. The van der Waals surface area contributed by atoms with E-state index in [1.807, 2.05) is 6.92 Å². The Labute approximate surface area is 208 Å². The molecule has 0 aliphatic rings. The summed E-state index contributed by atoms with van der Waals surface area (Å²) in [5.74, 6) is -0.550. The number of carbonyl (C=O) groups is 2. The van der Waals surface area contributed by atoms with Crippen LogP contribution in [0.2, 0.25) is 5.02 Å². The SMILES string of the molecule is Cc1ccc(NC(=O)COc2ccc(Br)cc2/C=N/NC(=O)c2ccc([N+](=O)[O-])cc2)cc1Cl. The van der Waals surface area contributed by atoms with Crippen LogP contribution in [0.15, 0.2) is 70.2 Å². The lowest BCUT2D eigenvalue weighted by Crippen LogP contribution is -2.20. The lowest BCUT2D eigenvalue weighted by Gasteiger charge is -2.11. The van der Waals surface area contributed by atoms with Gasteiger partial charge in [0.05, 0.1) is 11.1 Å². The summed E-state index contributed by atoms with van der Waals surface area (Å²) in [4.78, 5) is 34.6. The Kier molecular flexibility index (Phi) is 8.34. The molecule has 174 valence electrons. The molecule has 0 saturated carbocycles. The average molecular weight is 546 g/mol. The molecule has 11 heteroatoms. The fourth-order valence-corrected chi connectivity index (χ4v) is 3.28. The van der Waals surface area contributed by atoms with Crippen LogP contribution in [-0.2, 0) is 4.79 Å². The monoisotopic (exact) mass is 544 g/mol. The highest BCUT2D eigenvalue weighted by molar-refractivity contribution is 9.10. The van der Waals surface area contributed by atoms with Crippen molar-refractivity contribution in [3.8, 4) is 5.75 Å². The number of hydrogen-bond donors (Lipinski definition) is 2. The Morgan fingerprint density at radius 2 is 1.88 bits per heavy atom. The normalized spacial score (nSPS) is 10.7. The minimum Gasteiger partial charge on any atom is -0.483 e. The minimum absolute atomic E-state index is 0.120. The van der Waals surface area contributed by atoms with Crippen molar-refractivity contribution in [2.24, 2.45) is 5.10 Å². The van der Waals surface area contributed by atoms with Crippen LogP contribution >= 0.6 is 27.5 Å². The molecule has 3 aromatic carbocycles. The zero-order chi connectivity index (χ0) is 24.7. The van der Waals surface area contributed by atoms with Crippen molar-refractivity contribution >= 4 is 56.9 Å². The summed E-state index contributed by atoms with van der Waals surface area (Å²) in [6.07, 6.45) is 1.36. The third kappa shape index (κ3) is 6.87. The van der Waals surface area contributed by atoms with E-state index in [0.29, 0.717) is 22.0 Å². The van der Waals surface area contributed by atoms with E-state index < -0.39 is 10.8 Å². The Bertz CT molecular complexity index is 1260. The number of amides is 2. The first-order chi connectivity index (χ1) is 16.2. The lowest BCUT2D eigenvalue weighted by molar-refractivity contribution is -0.384. The van der Waals surface area contributed by atoms with E-state index in [2.05, 4.69) is 31.8 Å². The number of nitrogens with zero attached hydrogens (tertiary/aromatic N) is 2. The second-order valence-corrected chi connectivity index (χ2v) is 8.31. The number of aryl methyl sites for hydroxylation is 1. The molecule has 0 aromatic heterocycles. The maximum absolute atomic E-state index is 12.3. The van der Waals surface area contributed by atoms with Crippen molar-refractivity contribution in [1.82, 2.24) is 5.43 Å². The number of rotatable bonds is 8. The highest BCUT2D eigenvalue weighted by atomic mass is 79.9. The minimum atomic E-state index is -0.551. The smallest absolute Gasteiger partial charge is 0.271 e. The second-order valence-electron chi connectivity index (χ2n) is 6.99. The molecule has 0 bridgehead atoms. The number of hydrogen-bond acceptors (Lipinski definition) is 6. The molecule has 34 heavy (non-hydrogen) atoms. The van der Waals surface area contributed by atoms with Gasteiger partial charge in [-0.15, -0.1) is 0 Å². The molecule has 0 saturated heterocycles. The Morgan fingerprint density at radius 1 is 1.15 bits per heavy atom. The van der Waals surface area contributed by atoms with Gasteiger partial charge in [0.2, 0.25) is 0 Å². The molecule has 0 atom stereocenters. The number of benzene rings is 3. The molecular weight excluding hydrogens is 528 g/mol. The molecule has 0 radical (unpaired) electrons. The Morgan fingerprint density at radius 3 is 2.56 bits per heavy atom. The second kappa shape index (κ2) is 11.4. The van der Waals surface area contributed by atoms with Crippen molar-refractivity contribution < 1.29 is 19.2 Å². The molecule has 0 unspecified atom stereocenters. The predicted molar refractivity (Wildman–Crippen MR) is 133 cm³/mol. The number of halogens is 2. The van der Waals surface area contributed by atoms with Crippen LogP contribution in [0.1, 0.15) is 21.5 Å². The van der Waals surface area contributed by atoms with E-state index in [4.69, 9.17) is 16.3 Å². The number of nitrogens with one attached hydrogen (secondary N) is 2. The van der Waals surface area contributed by atoms with Gasteiger partial charge in [-0.05, 0) is 55.0 Å². The van der Waals surface area contributed by atoms with Crippen LogP contribution in [0.4, 0.5) is 11.4 Å². The molecule has 2 N–H and O–H groups in total. The third-order valence-corrected chi connectivity index (χ3v) is 5.40. The summed E-state index contributed by atoms with van der Waals surface area (Å²) in [6.45, 7) is 1.60. The standard InChI is InChI=1S/C23H18BrClN4O5/c1-14-2-6-18(11-20(14)25)27-22(30)13-34-21-9-5-17(24)10-16(21)12-26-28-23(31)15-3-7-19(8-4-15)29(32)33/h2-12H,13H2,1H3,(H,27,30)(H,28,31)/b26-12+. The molecule has 0 aliphatic carbocycles. The zero-order valence-corrected chi connectivity index (χ0v) is 20.1. The first kappa shape index (κ1) is 24.9. The fraction of sp³-hybridized carbons (Fsp3) is 0.0870. The maximum atomic E-state index is 12.3. The zero-order valence-electron chi connectivity index (χ0n) is 17.7. The van der Waals surface area contributed by atoms with Gasteiger partial charge >= 0.3 is 0 Å². The van der Waals surface area contributed by atoms with Gasteiger partial charge in [-0.1, -0.05) is 33.6 Å². The number of ether oxygens (including phenoxy) is 1. The van der Waals surface area contributed by atoms with Gasteiger partial charge in [0.1, 0.15) is 5.75 Å². The van der Waals surface area contributed by atoms with Crippen LogP contribution in [0, 0.1) is 17.0 Å². The molecule has 9 nitrogen and oxygen atoms in total. The van der Waals surface area contributed by atoms with Crippen molar-refractivity contribution in [3.63, 3.8) is 0 Å². The number of nitro benzene ring substituents is 1. The van der Waals surface area contributed by atoms with Crippen LogP contribution in [0.3, 0.4) is 0 Å². The van der Waals surface area contributed by atoms with E-state index in [9.17, 15) is 19.7 Å². The highest BCUT2D eigenvalue weighted by Crippen LogP contribution is 2.23. The Balaban J connectivity index is 1.61. The van der Waals surface area contributed by atoms with Gasteiger partial charge in [0, 0.05) is 38.4 Å². The average Bonchev–Trinajstić information content (AvgIpc) is 2.81. The topological polar surface area (TPSA) is 123 Å². The molecule has 0 spiro atoms. The van der Waals surface area contributed by atoms with E-state index >= 15 is 0 Å². The lowest BCUT2D eigenvalue weighted by atomic mass is 10.2. The summed E-state index contributed by atoms with van der Waals surface area (Å²) in [5, 5.41) is 17.9. The van der Waals surface area contributed by atoms with Gasteiger partial charge in [0.25, 0.3) is 17.5 Å². The molecule has 3 aromatic rings. The summed E-state index contributed by atoms with van der Waals surface area (Å²) >= 11 is 9.43. The fourth-order valence-electron chi connectivity index (χ4n) is 2.72. The van der Waals surface area contributed by atoms with Crippen molar-refractivity contribution in [2.75, 3.05) is 11.9 Å². The number of carbonyl (C=O) groups excluding carboxylic acids is 2. The Hall–Kier alpha value is -3.76. The predicted octanol–water partition coefficient (Wildman–Crippen LogP) is 5.10. The number of anilines is 1. The first-order valence-electron chi connectivity index (χ1n) is 9.79. The quantitative estimate of drug-likeness (QED) is 0.232. The molecule has 0 fully saturated rings. The molecule has 3 rings (SSSR count). The third-order valence-electron chi connectivity index (χ3n) is 4.50. The van der Waals surface area contributed by atoms with E-state index in [1.165, 1.54) is 30.5 Å². The first-order valence-corrected chi connectivity index (χ1v) is 11.0. The molecular formula is C23H18BrClN4O5. The number of hydrazone groups is 1. The van der Waals surface area contributed by atoms with Gasteiger partial charge in [0.15, 0.2) is 6.61 Å². The molecule has 0 aliphatic heterocycles.